The largest absolute Gasteiger partial charge is 0.309 e. The number of aromatic nitrogens is 1. The molecular formula is C40H27N. The molecule has 0 fully saturated rings. The Morgan fingerprint density at radius 2 is 0.951 bits per heavy atom. The van der Waals surface area contributed by atoms with Crippen LogP contribution in [0, 0.1) is 0 Å². The second-order valence-electron chi connectivity index (χ2n) is 10.6. The van der Waals surface area contributed by atoms with Gasteiger partial charge < -0.3 is 4.57 Å². The van der Waals surface area contributed by atoms with Gasteiger partial charge in [-0.1, -0.05) is 133 Å². The van der Waals surface area contributed by atoms with E-state index in [0.29, 0.717) is 0 Å². The van der Waals surface area contributed by atoms with Crippen LogP contribution in [0.25, 0.3) is 71.6 Å². The maximum Gasteiger partial charge on any atom is 0.0547 e. The van der Waals surface area contributed by atoms with Crippen molar-refractivity contribution < 1.29 is 0 Å². The summed E-state index contributed by atoms with van der Waals surface area (Å²) in [6.07, 6.45) is 0. The van der Waals surface area contributed by atoms with Gasteiger partial charge in [0.25, 0.3) is 0 Å². The Morgan fingerprint density at radius 1 is 0.341 bits per heavy atom. The number of rotatable bonds is 4. The highest BCUT2D eigenvalue weighted by Crippen LogP contribution is 2.39. The van der Waals surface area contributed by atoms with Gasteiger partial charge in [0.15, 0.2) is 0 Å². The summed E-state index contributed by atoms with van der Waals surface area (Å²) in [4.78, 5) is 0. The van der Waals surface area contributed by atoms with Crippen molar-refractivity contribution in [2.24, 2.45) is 0 Å². The molecule has 0 unspecified atom stereocenters. The van der Waals surface area contributed by atoms with Crippen molar-refractivity contribution in [1.82, 2.24) is 4.57 Å². The lowest BCUT2D eigenvalue weighted by molar-refractivity contribution is 1.18. The molecule has 192 valence electrons. The molecule has 1 heteroatoms. The topological polar surface area (TPSA) is 4.93 Å². The van der Waals surface area contributed by atoms with Crippen LogP contribution in [-0.4, -0.2) is 4.57 Å². The molecule has 1 nitrogen and oxygen atoms in total. The second kappa shape index (κ2) is 9.66. The molecule has 8 rings (SSSR count). The zero-order valence-electron chi connectivity index (χ0n) is 22.5. The molecule has 0 aliphatic heterocycles. The van der Waals surface area contributed by atoms with E-state index in [1.807, 2.05) is 0 Å². The standard InChI is InChI=1S/C40H27N/c1-3-11-28(12-4-1)32-21-25-34(37(27-32)29-13-5-2-6-14-29)31-19-23-33(24-20-31)41-38-18-10-9-17-36(38)40-35-16-8-7-15-30(35)22-26-39(40)41/h1-27H. The molecule has 41 heavy (non-hydrogen) atoms. The predicted molar refractivity (Wildman–Crippen MR) is 175 cm³/mol. The molecule has 0 amide bonds. The molecule has 0 aliphatic carbocycles. The van der Waals surface area contributed by atoms with E-state index in [-0.39, 0.29) is 0 Å². The summed E-state index contributed by atoms with van der Waals surface area (Å²) in [7, 11) is 0. The fourth-order valence-corrected chi connectivity index (χ4v) is 6.27. The fourth-order valence-electron chi connectivity index (χ4n) is 6.27. The third-order valence-electron chi connectivity index (χ3n) is 8.21. The molecule has 0 saturated heterocycles. The first-order chi connectivity index (χ1) is 20.3. The summed E-state index contributed by atoms with van der Waals surface area (Å²) in [5.41, 5.74) is 11.0. The monoisotopic (exact) mass is 521 g/mol. The minimum Gasteiger partial charge on any atom is -0.309 e. The van der Waals surface area contributed by atoms with E-state index in [1.165, 1.54) is 66.0 Å². The van der Waals surface area contributed by atoms with E-state index in [1.54, 1.807) is 0 Å². The molecule has 8 aromatic rings. The number of nitrogens with zero attached hydrogens (tertiary/aromatic N) is 1. The highest BCUT2D eigenvalue weighted by Gasteiger charge is 2.15. The zero-order chi connectivity index (χ0) is 27.2. The van der Waals surface area contributed by atoms with Gasteiger partial charge in [-0.05, 0) is 74.5 Å². The van der Waals surface area contributed by atoms with Gasteiger partial charge in [0, 0.05) is 16.5 Å². The van der Waals surface area contributed by atoms with E-state index in [2.05, 4.69) is 168 Å². The zero-order valence-corrected chi connectivity index (χ0v) is 22.5. The summed E-state index contributed by atoms with van der Waals surface area (Å²) in [5, 5.41) is 5.16. The predicted octanol–water partition coefficient (Wildman–Crippen LogP) is 10.9. The van der Waals surface area contributed by atoms with Crippen molar-refractivity contribution in [3.8, 4) is 39.1 Å². The van der Waals surface area contributed by atoms with Gasteiger partial charge in [-0.3, -0.25) is 0 Å². The van der Waals surface area contributed by atoms with Gasteiger partial charge in [-0.2, -0.15) is 0 Å². The average molecular weight is 522 g/mol. The van der Waals surface area contributed by atoms with Crippen LogP contribution >= 0.6 is 0 Å². The van der Waals surface area contributed by atoms with Crippen LogP contribution in [0.5, 0.6) is 0 Å². The van der Waals surface area contributed by atoms with Gasteiger partial charge in [0.2, 0.25) is 0 Å². The van der Waals surface area contributed by atoms with Crippen molar-refractivity contribution in [1.29, 1.82) is 0 Å². The summed E-state index contributed by atoms with van der Waals surface area (Å²) in [6.45, 7) is 0. The van der Waals surface area contributed by atoms with Crippen LogP contribution in [-0.2, 0) is 0 Å². The number of benzene rings is 7. The molecule has 1 aromatic heterocycles. The van der Waals surface area contributed by atoms with E-state index in [9.17, 15) is 0 Å². The minimum absolute atomic E-state index is 1.16. The first-order valence-electron chi connectivity index (χ1n) is 14.1. The first-order valence-corrected chi connectivity index (χ1v) is 14.1. The van der Waals surface area contributed by atoms with Crippen molar-refractivity contribution in [3.63, 3.8) is 0 Å². The number of hydrogen-bond donors (Lipinski definition) is 0. The summed E-state index contributed by atoms with van der Waals surface area (Å²) >= 11 is 0. The minimum atomic E-state index is 1.16. The van der Waals surface area contributed by atoms with E-state index in [4.69, 9.17) is 0 Å². The third kappa shape index (κ3) is 3.94. The van der Waals surface area contributed by atoms with Crippen LogP contribution in [0.3, 0.4) is 0 Å². The molecule has 0 spiro atoms. The Bertz CT molecular complexity index is 2170. The Kier molecular flexibility index (Phi) is 5.53. The summed E-state index contributed by atoms with van der Waals surface area (Å²) in [6, 6.07) is 59.1. The Morgan fingerprint density at radius 3 is 1.73 bits per heavy atom. The lowest BCUT2D eigenvalue weighted by Crippen LogP contribution is -1.94. The van der Waals surface area contributed by atoms with Crippen LogP contribution in [0.4, 0.5) is 0 Å². The third-order valence-corrected chi connectivity index (χ3v) is 8.21. The second-order valence-corrected chi connectivity index (χ2v) is 10.6. The van der Waals surface area contributed by atoms with Crippen LogP contribution in [0.1, 0.15) is 0 Å². The molecule has 7 aromatic carbocycles. The van der Waals surface area contributed by atoms with Crippen LogP contribution in [0.2, 0.25) is 0 Å². The molecule has 0 bridgehead atoms. The van der Waals surface area contributed by atoms with E-state index in [0.717, 1.165) is 5.69 Å². The van der Waals surface area contributed by atoms with E-state index < -0.39 is 0 Å². The Labute approximate surface area is 239 Å². The first kappa shape index (κ1) is 23.5. The van der Waals surface area contributed by atoms with Crippen molar-refractivity contribution >= 4 is 32.6 Å². The quantitative estimate of drug-likeness (QED) is 0.217. The van der Waals surface area contributed by atoms with Crippen LogP contribution < -0.4 is 0 Å². The normalized spacial score (nSPS) is 11.4. The highest BCUT2D eigenvalue weighted by molar-refractivity contribution is 6.21. The molecule has 0 N–H and O–H groups in total. The number of para-hydroxylation sites is 1. The highest BCUT2D eigenvalue weighted by atomic mass is 15.0. The van der Waals surface area contributed by atoms with Crippen molar-refractivity contribution in [2.45, 2.75) is 0 Å². The average Bonchev–Trinajstić information content (AvgIpc) is 3.40. The summed E-state index contributed by atoms with van der Waals surface area (Å²) < 4.78 is 2.40. The fraction of sp³-hybridized carbons (Fsp3) is 0. The van der Waals surface area contributed by atoms with Crippen molar-refractivity contribution in [2.75, 3.05) is 0 Å². The maximum atomic E-state index is 2.40. The van der Waals surface area contributed by atoms with Gasteiger partial charge in [0.05, 0.1) is 11.0 Å². The Balaban J connectivity index is 1.29. The van der Waals surface area contributed by atoms with Gasteiger partial charge in [-0.15, -0.1) is 0 Å². The lowest BCUT2D eigenvalue weighted by Gasteiger charge is -2.14. The van der Waals surface area contributed by atoms with E-state index >= 15 is 0 Å². The van der Waals surface area contributed by atoms with Gasteiger partial charge in [-0.25, -0.2) is 0 Å². The van der Waals surface area contributed by atoms with Gasteiger partial charge >= 0.3 is 0 Å². The van der Waals surface area contributed by atoms with Crippen LogP contribution in [0.15, 0.2) is 164 Å². The molecular weight excluding hydrogens is 494 g/mol. The van der Waals surface area contributed by atoms with Gasteiger partial charge in [0.1, 0.15) is 0 Å². The molecule has 0 saturated carbocycles. The molecule has 0 radical (unpaired) electrons. The molecule has 1 heterocycles. The molecule has 0 atom stereocenters. The smallest absolute Gasteiger partial charge is 0.0547 e. The Hall–Kier alpha value is -5.40. The maximum absolute atomic E-state index is 2.40. The number of fused-ring (bicyclic) bond motifs is 5. The lowest BCUT2D eigenvalue weighted by atomic mass is 9.91. The summed E-state index contributed by atoms with van der Waals surface area (Å²) in [5.74, 6) is 0. The molecule has 0 aliphatic rings. The SMILES string of the molecule is c1ccc(-c2ccc(-c3ccc(-n4c5ccccc5c5c6ccccc6ccc54)cc3)c(-c3ccccc3)c2)cc1. The number of hydrogen-bond acceptors (Lipinski definition) is 0. The van der Waals surface area contributed by atoms with Crippen molar-refractivity contribution in [3.05, 3.63) is 164 Å².